The summed E-state index contributed by atoms with van der Waals surface area (Å²) in [4.78, 5) is 25.1. The summed E-state index contributed by atoms with van der Waals surface area (Å²) < 4.78 is 0. The number of aliphatic hydroxyl groups excluding tert-OH is 1. The number of thioether (sulfide) groups is 1. The van der Waals surface area contributed by atoms with Gasteiger partial charge >= 0.3 is 5.97 Å². The molecule has 6 heteroatoms. The fourth-order valence-corrected chi connectivity index (χ4v) is 4.17. The second-order valence-corrected chi connectivity index (χ2v) is 7.94. The number of amides is 1. The van der Waals surface area contributed by atoms with Gasteiger partial charge in [0, 0.05) is 18.7 Å². The van der Waals surface area contributed by atoms with Crippen LogP contribution in [0.2, 0.25) is 0 Å². The van der Waals surface area contributed by atoms with E-state index in [9.17, 15) is 19.8 Å². The first-order valence-corrected chi connectivity index (χ1v) is 10.5. The number of carbonyl (C=O) groups excluding carboxylic acids is 1. The van der Waals surface area contributed by atoms with Gasteiger partial charge in [0.25, 0.3) is 0 Å². The molecular weight excluding hydrogens is 338 g/mol. The van der Waals surface area contributed by atoms with Crippen LogP contribution in [0.5, 0.6) is 0 Å². The molecule has 1 saturated heterocycles. The first-order valence-electron chi connectivity index (χ1n) is 9.49. The highest BCUT2D eigenvalue weighted by molar-refractivity contribution is 8.00. The Kier molecular flexibility index (Phi) is 10.9. The normalized spacial score (nSPS) is 20.4. The van der Waals surface area contributed by atoms with Crippen molar-refractivity contribution in [2.45, 2.75) is 82.6 Å². The molecule has 0 aromatic carbocycles. The molecule has 1 fully saturated rings. The first-order chi connectivity index (χ1) is 12.0. The first kappa shape index (κ1) is 22.0. The standard InChI is InChI=1S/C19H33NO4S/c1-3-5-6-8-16(21)11-9-15-10-12-18(22)20(15)13-14-25-17(7-4-2)19(23)24/h9,11,15-17,21H,3-8,10,12-14H2,1-2H3,(H,23,24). The topological polar surface area (TPSA) is 77.8 Å². The van der Waals surface area contributed by atoms with E-state index in [1.54, 1.807) is 0 Å². The third-order valence-electron chi connectivity index (χ3n) is 4.51. The van der Waals surface area contributed by atoms with Crippen LogP contribution >= 0.6 is 11.8 Å². The summed E-state index contributed by atoms with van der Waals surface area (Å²) in [6.07, 6.45) is 10.2. The lowest BCUT2D eigenvalue weighted by Gasteiger charge is -2.23. The molecule has 3 unspecified atom stereocenters. The van der Waals surface area contributed by atoms with Crippen molar-refractivity contribution < 1.29 is 19.8 Å². The van der Waals surface area contributed by atoms with Gasteiger partial charge in [-0.2, -0.15) is 0 Å². The number of unbranched alkanes of at least 4 members (excludes halogenated alkanes) is 2. The molecule has 1 amide bonds. The van der Waals surface area contributed by atoms with Crippen molar-refractivity contribution in [3.05, 3.63) is 12.2 Å². The Morgan fingerprint density at radius 2 is 2.08 bits per heavy atom. The van der Waals surface area contributed by atoms with Crippen LogP contribution in [0.15, 0.2) is 12.2 Å². The highest BCUT2D eigenvalue weighted by Gasteiger charge is 2.29. The maximum absolute atomic E-state index is 12.1. The SMILES string of the molecule is CCCCCC(O)C=CC1CCC(=O)N1CCSC(CCC)C(=O)O. The van der Waals surface area contributed by atoms with Crippen molar-refractivity contribution in [3.63, 3.8) is 0 Å². The molecule has 2 N–H and O–H groups in total. The molecule has 1 aliphatic heterocycles. The third kappa shape index (κ3) is 8.27. The number of carboxylic acids is 1. The molecule has 3 atom stereocenters. The average molecular weight is 372 g/mol. The zero-order chi connectivity index (χ0) is 18.7. The van der Waals surface area contributed by atoms with Gasteiger partial charge in [-0.05, 0) is 19.3 Å². The zero-order valence-corrected chi connectivity index (χ0v) is 16.3. The minimum Gasteiger partial charge on any atom is -0.480 e. The molecular formula is C19H33NO4S. The van der Waals surface area contributed by atoms with Crippen LogP contribution in [0.1, 0.15) is 65.2 Å². The fourth-order valence-electron chi connectivity index (χ4n) is 3.04. The van der Waals surface area contributed by atoms with Crippen molar-refractivity contribution in [2.24, 2.45) is 0 Å². The number of carbonyl (C=O) groups is 2. The lowest BCUT2D eigenvalue weighted by atomic mass is 10.1. The number of aliphatic hydroxyl groups is 1. The lowest BCUT2D eigenvalue weighted by molar-refractivity contribution is -0.136. The number of aliphatic carboxylic acids is 1. The van der Waals surface area contributed by atoms with Gasteiger partial charge in [0.2, 0.25) is 5.91 Å². The van der Waals surface area contributed by atoms with Crippen LogP contribution in [-0.4, -0.2) is 56.7 Å². The number of rotatable bonds is 13. The molecule has 144 valence electrons. The smallest absolute Gasteiger partial charge is 0.316 e. The van der Waals surface area contributed by atoms with E-state index in [-0.39, 0.29) is 11.9 Å². The minimum atomic E-state index is -0.772. The van der Waals surface area contributed by atoms with Crippen molar-refractivity contribution in [1.82, 2.24) is 4.90 Å². The van der Waals surface area contributed by atoms with E-state index in [1.807, 2.05) is 24.0 Å². The van der Waals surface area contributed by atoms with Gasteiger partial charge in [-0.25, -0.2) is 0 Å². The molecule has 0 saturated carbocycles. The number of likely N-dealkylation sites (tertiary alicyclic amines) is 1. The largest absolute Gasteiger partial charge is 0.480 e. The molecule has 5 nitrogen and oxygen atoms in total. The molecule has 1 aliphatic rings. The summed E-state index contributed by atoms with van der Waals surface area (Å²) in [5, 5.41) is 18.8. The van der Waals surface area contributed by atoms with Gasteiger partial charge < -0.3 is 15.1 Å². The van der Waals surface area contributed by atoms with Gasteiger partial charge in [-0.1, -0.05) is 51.7 Å². The number of hydrogen-bond acceptors (Lipinski definition) is 4. The second-order valence-electron chi connectivity index (χ2n) is 6.63. The number of carboxylic acid groups (broad SMARTS) is 1. The molecule has 0 aromatic rings. The van der Waals surface area contributed by atoms with Crippen LogP contribution in [0, 0.1) is 0 Å². The van der Waals surface area contributed by atoms with Crippen LogP contribution < -0.4 is 0 Å². The van der Waals surface area contributed by atoms with E-state index in [4.69, 9.17) is 0 Å². The Balaban J connectivity index is 2.45. The maximum Gasteiger partial charge on any atom is 0.316 e. The van der Waals surface area contributed by atoms with E-state index in [1.165, 1.54) is 11.8 Å². The molecule has 0 spiro atoms. The van der Waals surface area contributed by atoms with Gasteiger partial charge in [0.05, 0.1) is 12.1 Å². The molecule has 1 rings (SSSR count). The predicted molar refractivity (Wildman–Crippen MR) is 103 cm³/mol. The van der Waals surface area contributed by atoms with Crippen LogP contribution in [0.4, 0.5) is 0 Å². The molecule has 0 bridgehead atoms. The summed E-state index contributed by atoms with van der Waals surface area (Å²) in [6, 6.07) is 0.0309. The predicted octanol–water partition coefficient (Wildman–Crippen LogP) is 3.46. The number of nitrogens with zero attached hydrogens (tertiary/aromatic N) is 1. The molecule has 0 radical (unpaired) electrons. The van der Waals surface area contributed by atoms with Crippen molar-refractivity contribution in [2.75, 3.05) is 12.3 Å². The number of hydrogen-bond donors (Lipinski definition) is 2. The highest BCUT2D eigenvalue weighted by Crippen LogP contribution is 2.23. The van der Waals surface area contributed by atoms with Gasteiger partial charge in [-0.3, -0.25) is 9.59 Å². The maximum atomic E-state index is 12.1. The van der Waals surface area contributed by atoms with E-state index in [0.717, 1.165) is 38.5 Å². The molecule has 25 heavy (non-hydrogen) atoms. The van der Waals surface area contributed by atoms with Crippen molar-refractivity contribution in [3.8, 4) is 0 Å². The Bertz CT molecular complexity index is 441. The third-order valence-corrected chi connectivity index (χ3v) is 5.77. The van der Waals surface area contributed by atoms with E-state index < -0.39 is 17.3 Å². The highest BCUT2D eigenvalue weighted by atomic mass is 32.2. The Hall–Kier alpha value is -1.01. The second kappa shape index (κ2) is 12.4. The van der Waals surface area contributed by atoms with E-state index in [0.29, 0.717) is 25.1 Å². The molecule has 1 heterocycles. The fraction of sp³-hybridized carbons (Fsp3) is 0.789. The van der Waals surface area contributed by atoms with Gasteiger partial charge in [-0.15, -0.1) is 11.8 Å². The zero-order valence-electron chi connectivity index (χ0n) is 15.5. The molecule has 0 aromatic heterocycles. The summed E-state index contributed by atoms with van der Waals surface area (Å²) >= 11 is 1.42. The average Bonchev–Trinajstić information content (AvgIpc) is 2.92. The monoisotopic (exact) mass is 371 g/mol. The quantitative estimate of drug-likeness (QED) is 0.383. The van der Waals surface area contributed by atoms with Gasteiger partial charge in [0.15, 0.2) is 0 Å². The summed E-state index contributed by atoms with van der Waals surface area (Å²) in [7, 11) is 0. The Morgan fingerprint density at radius 1 is 1.32 bits per heavy atom. The summed E-state index contributed by atoms with van der Waals surface area (Å²) in [5.74, 6) is -0.0177. The van der Waals surface area contributed by atoms with E-state index in [2.05, 4.69) is 6.92 Å². The molecule has 0 aliphatic carbocycles. The van der Waals surface area contributed by atoms with Crippen LogP contribution in [0.3, 0.4) is 0 Å². The Labute approximate surface area is 155 Å². The van der Waals surface area contributed by atoms with E-state index >= 15 is 0 Å². The lowest BCUT2D eigenvalue weighted by Crippen LogP contribution is -2.34. The van der Waals surface area contributed by atoms with Crippen LogP contribution in [-0.2, 0) is 9.59 Å². The van der Waals surface area contributed by atoms with Crippen molar-refractivity contribution in [1.29, 1.82) is 0 Å². The summed E-state index contributed by atoms with van der Waals surface area (Å²) in [5.41, 5.74) is 0. The van der Waals surface area contributed by atoms with Crippen molar-refractivity contribution >= 4 is 23.6 Å². The Morgan fingerprint density at radius 3 is 2.72 bits per heavy atom. The van der Waals surface area contributed by atoms with Crippen LogP contribution in [0.25, 0.3) is 0 Å². The minimum absolute atomic E-state index is 0.0309. The van der Waals surface area contributed by atoms with Gasteiger partial charge in [0.1, 0.15) is 5.25 Å². The summed E-state index contributed by atoms with van der Waals surface area (Å²) in [6.45, 7) is 4.68.